The highest BCUT2D eigenvalue weighted by Crippen LogP contribution is 2.39. The fraction of sp³-hybridized carbons (Fsp3) is 0.0769. The predicted molar refractivity (Wildman–Crippen MR) is 142 cm³/mol. The van der Waals surface area contributed by atoms with Crippen molar-refractivity contribution >= 4 is 68.6 Å². The minimum Gasteiger partial charge on any atom is -0.273 e. The third kappa shape index (κ3) is 4.74. The molecule has 11 heteroatoms. The lowest BCUT2D eigenvalue weighted by atomic mass is 10.0. The number of benzene rings is 3. The molecule has 1 aliphatic heterocycles. The Bertz CT molecular complexity index is 1630. The van der Waals surface area contributed by atoms with E-state index in [-0.39, 0.29) is 16.8 Å². The topological polar surface area (TPSA) is 123 Å². The number of amides is 4. The highest BCUT2D eigenvalue weighted by atomic mass is 32.2. The fourth-order valence-corrected chi connectivity index (χ4v) is 5.87. The molecule has 0 saturated carbocycles. The second-order valence-electron chi connectivity index (χ2n) is 8.26. The van der Waals surface area contributed by atoms with E-state index in [1.807, 2.05) is 38.1 Å². The van der Waals surface area contributed by atoms with Gasteiger partial charge < -0.3 is 0 Å². The Morgan fingerprint density at radius 2 is 1.81 bits per heavy atom. The van der Waals surface area contributed by atoms with Gasteiger partial charge in [0.2, 0.25) is 0 Å². The van der Waals surface area contributed by atoms with Crippen LogP contribution in [-0.4, -0.2) is 27.8 Å². The third-order valence-corrected chi connectivity index (χ3v) is 7.97. The molecule has 1 saturated heterocycles. The van der Waals surface area contributed by atoms with Crippen molar-refractivity contribution in [3.05, 3.63) is 93.0 Å². The van der Waals surface area contributed by atoms with Gasteiger partial charge in [-0.1, -0.05) is 36.0 Å². The van der Waals surface area contributed by atoms with Crippen molar-refractivity contribution in [3.63, 3.8) is 0 Å². The van der Waals surface area contributed by atoms with Crippen LogP contribution in [0.5, 0.6) is 0 Å². The van der Waals surface area contributed by atoms with Crippen molar-refractivity contribution in [2.75, 3.05) is 4.90 Å². The number of nitro groups is 1. The van der Waals surface area contributed by atoms with E-state index in [0.29, 0.717) is 14.9 Å². The molecule has 0 aliphatic carbocycles. The van der Waals surface area contributed by atoms with Crippen LogP contribution in [0.1, 0.15) is 16.7 Å². The van der Waals surface area contributed by atoms with Crippen LogP contribution in [0.3, 0.4) is 0 Å². The van der Waals surface area contributed by atoms with Gasteiger partial charge in [-0.25, -0.2) is 14.7 Å². The van der Waals surface area contributed by atoms with Gasteiger partial charge in [0, 0.05) is 6.07 Å². The first-order valence-corrected chi connectivity index (χ1v) is 12.6. The molecule has 1 N–H and O–H groups in total. The van der Waals surface area contributed by atoms with E-state index in [1.165, 1.54) is 35.2 Å². The summed E-state index contributed by atoms with van der Waals surface area (Å²) < 4.78 is 1.62. The quantitative estimate of drug-likeness (QED) is 0.153. The zero-order valence-corrected chi connectivity index (χ0v) is 21.2. The maximum Gasteiger partial charge on any atom is 0.335 e. The maximum atomic E-state index is 13.2. The molecule has 1 fully saturated rings. The van der Waals surface area contributed by atoms with Gasteiger partial charge >= 0.3 is 6.03 Å². The minimum atomic E-state index is -0.870. The first kappa shape index (κ1) is 24.3. The average molecular weight is 531 g/mol. The van der Waals surface area contributed by atoms with Crippen LogP contribution in [0.4, 0.5) is 16.2 Å². The molecule has 4 amide bonds. The summed E-state index contributed by atoms with van der Waals surface area (Å²) in [5.74, 6) is -1.68. The second kappa shape index (κ2) is 9.60. The van der Waals surface area contributed by atoms with Crippen LogP contribution in [0.15, 0.2) is 75.5 Å². The van der Waals surface area contributed by atoms with E-state index in [1.54, 1.807) is 30.3 Å². The van der Waals surface area contributed by atoms with Gasteiger partial charge in [0.15, 0.2) is 4.34 Å². The number of nitrogens with zero attached hydrogens (tertiary/aromatic N) is 3. The number of hydrogen-bond acceptors (Lipinski definition) is 8. The van der Waals surface area contributed by atoms with Crippen molar-refractivity contribution in [3.8, 4) is 0 Å². The molecule has 37 heavy (non-hydrogen) atoms. The molecule has 9 nitrogen and oxygen atoms in total. The van der Waals surface area contributed by atoms with Gasteiger partial charge in [0.1, 0.15) is 5.57 Å². The number of fused-ring (bicyclic) bond motifs is 1. The first-order chi connectivity index (χ1) is 17.7. The summed E-state index contributed by atoms with van der Waals surface area (Å²) >= 11 is 2.60. The van der Waals surface area contributed by atoms with E-state index in [2.05, 4.69) is 10.3 Å². The summed E-state index contributed by atoms with van der Waals surface area (Å²) in [6, 6.07) is 16.2. The van der Waals surface area contributed by atoms with Crippen molar-refractivity contribution in [2.24, 2.45) is 0 Å². The number of urea groups is 1. The molecule has 0 unspecified atom stereocenters. The molecule has 3 aromatic carbocycles. The highest BCUT2D eigenvalue weighted by molar-refractivity contribution is 8.01. The number of barbiturate groups is 1. The maximum absolute atomic E-state index is 13.2. The van der Waals surface area contributed by atoms with E-state index in [0.717, 1.165) is 26.2 Å². The number of imide groups is 2. The molecule has 184 valence electrons. The molecule has 5 rings (SSSR count). The molecule has 0 radical (unpaired) electrons. The van der Waals surface area contributed by atoms with Gasteiger partial charge in [0.25, 0.3) is 17.5 Å². The zero-order chi connectivity index (χ0) is 26.3. The highest BCUT2D eigenvalue weighted by Gasteiger charge is 2.37. The number of rotatable bonds is 5. The van der Waals surface area contributed by atoms with Crippen LogP contribution in [0.2, 0.25) is 0 Å². The number of thiazole rings is 1. The summed E-state index contributed by atoms with van der Waals surface area (Å²) in [6.45, 7) is 3.75. The lowest BCUT2D eigenvalue weighted by Crippen LogP contribution is -2.54. The molecule has 0 bridgehead atoms. The predicted octanol–water partition coefficient (Wildman–Crippen LogP) is 5.64. The van der Waals surface area contributed by atoms with E-state index >= 15 is 0 Å². The third-order valence-electron chi connectivity index (χ3n) is 5.81. The largest absolute Gasteiger partial charge is 0.335 e. The smallest absolute Gasteiger partial charge is 0.273 e. The van der Waals surface area contributed by atoms with Gasteiger partial charge in [-0.3, -0.25) is 25.0 Å². The Kier molecular flexibility index (Phi) is 6.32. The van der Waals surface area contributed by atoms with Gasteiger partial charge in [-0.05, 0) is 66.9 Å². The Morgan fingerprint density at radius 1 is 1.03 bits per heavy atom. The van der Waals surface area contributed by atoms with Crippen LogP contribution >= 0.6 is 23.1 Å². The second-order valence-corrected chi connectivity index (χ2v) is 10.6. The number of aryl methyl sites for hydroxylation is 2. The Hall–Kier alpha value is -4.35. The molecule has 0 atom stereocenters. The number of para-hydroxylation sites is 1. The van der Waals surface area contributed by atoms with Gasteiger partial charge in [-0.15, -0.1) is 11.3 Å². The van der Waals surface area contributed by atoms with E-state index in [4.69, 9.17) is 0 Å². The first-order valence-electron chi connectivity index (χ1n) is 11.0. The molecular formula is C26H18N4O5S2. The summed E-state index contributed by atoms with van der Waals surface area (Å²) in [4.78, 5) is 55.3. The Balaban J connectivity index is 1.48. The molecule has 0 spiro atoms. The molecule has 2 heterocycles. The number of carbonyl (C=O) groups is 3. The average Bonchev–Trinajstić information content (AvgIpc) is 3.27. The fourth-order valence-electron chi connectivity index (χ4n) is 3.77. The molecular weight excluding hydrogens is 512 g/mol. The lowest BCUT2D eigenvalue weighted by Gasteiger charge is -2.26. The summed E-state index contributed by atoms with van der Waals surface area (Å²) in [5.41, 5.74) is 2.76. The van der Waals surface area contributed by atoms with Crippen LogP contribution in [-0.2, 0) is 9.59 Å². The van der Waals surface area contributed by atoms with Crippen LogP contribution in [0, 0.1) is 24.0 Å². The molecule has 1 aromatic heterocycles. The Labute approximate surface area is 219 Å². The monoisotopic (exact) mass is 530 g/mol. The molecule has 4 aromatic rings. The lowest BCUT2D eigenvalue weighted by molar-refractivity contribution is -0.387. The zero-order valence-electron chi connectivity index (χ0n) is 19.6. The van der Waals surface area contributed by atoms with Gasteiger partial charge in [-0.2, -0.15) is 0 Å². The number of nitrogens with one attached hydrogen (secondary N) is 1. The normalized spacial score (nSPS) is 14.9. The van der Waals surface area contributed by atoms with E-state index < -0.39 is 22.8 Å². The van der Waals surface area contributed by atoms with Crippen molar-refractivity contribution in [1.82, 2.24) is 10.3 Å². The van der Waals surface area contributed by atoms with Gasteiger partial charge in [0.05, 0.1) is 25.7 Å². The standard InChI is InChI=1S/C26H18N4O5S2/c1-14-7-9-17(11-15(14)2)29-24(32)18(23(31)28-25(29)33)12-16-8-10-22(20(13-16)30(34)35)37-26-27-19-5-3-4-6-21(19)36-26/h3-13H,1-2H3,(H,28,31,33)/b18-12+. The summed E-state index contributed by atoms with van der Waals surface area (Å²) in [6.07, 6.45) is 1.25. The summed E-state index contributed by atoms with van der Waals surface area (Å²) in [5, 5.41) is 14.0. The number of nitro benzene ring substituents is 1. The summed E-state index contributed by atoms with van der Waals surface area (Å²) in [7, 11) is 0. The van der Waals surface area contributed by atoms with Crippen LogP contribution < -0.4 is 10.2 Å². The number of aromatic nitrogens is 1. The minimum absolute atomic E-state index is 0.190. The molecule has 1 aliphatic rings. The number of hydrogen-bond donors (Lipinski definition) is 1. The van der Waals surface area contributed by atoms with Crippen molar-refractivity contribution in [1.29, 1.82) is 0 Å². The van der Waals surface area contributed by atoms with Crippen LogP contribution in [0.25, 0.3) is 16.3 Å². The van der Waals surface area contributed by atoms with Crippen molar-refractivity contribution in [2.45, 2.75) is 23.1 Å². The number of anilines is 1. The van der Waals surface area contributed by atoms with Crippen molar-refractivity contribution < 1.29 is 19.3 Å². The van der Waals surface area contributed by atoms with E-state index in [9.17, 15) is 24.5 Å². The SMILES string of the molecule is Cc1ccc(N2C(=O)NC(=O)/C(=C\c3ccc(Sc4nc5ccccc5s4)c([N+](=O)[O-])c3)C2=O)cc1C. The Morgan fingerprint density at radius 3 is 2.54 bits per heavy atom. The number of carbonyl (C=O) groups excluding carboxylic acids is 3.